The van der Waals surface area contributed by atoms with Gasteiger partial charge in [-0.25, -0.2) is 0 Å². The summed E-state index contributed by atoms with van der Waals surface area (Å²) in [7, 11) is 0. The molecule has 0 spiro atoms. The monoisotopic (exact) mass is 663 g/mol. The quantitative estimate of drug-likeness (QED) is 0.294. The first-order valence-corrected chi connectivity index (χ1v) is 14.0. The molecule has 0 bridgehead atoms. The first kappa shape index (κ1) is 24.7. The lowest BCUT2D eigenvalue weighted by Gasteiger charge is -2.36. The second-order valence-corrected chi connectivity index (χ2v) is 12.0. The summed E-state index contributed by atoms with van der Waals surface area (Å²) >= 11 is 10.9. The molecule has 1 aromatic carbocycles. The van der Waals surface area contributed by atoms with Gasteiger partial charge in [-0.1, -0.05) is 31.9 Å². The number of aryl methyl sites for hydroxylation is 2. The number of aromatic nitrogens is 2. The Kier molecular flexibility index (Phi) is 7.19. The number of piperidine rings is 1. The summed E-state index contributed by atoms with van der Waals surface area (Å²) in [5.41, 5.74) is 5.19. The van der Waals surface area contributed by atoms with E-state index in [-0.39, 0.29) is 24.2 Å². The van der Waals surface area contributed by atoms with Crippen LogP contribution in [0.1, 0.15) is 46.7 Å². The van der Waals surface area contributed by atoms with E-state index in [2.05, 4.69) is 66.0 Å². The standard InChI is InChI=1S/C26H24Br3N3O3/c27-20-12-18-1-2-19-13-21(28)15-32(35)26(19)25(24(18)22(29)14-20)17-5-7-30(8-6-17)23(33)11-16-3-9-31(34)10-4-16/h3-4,9-10,12-15,17,25H,1-2,5-8,11H2/t25-/m1/s1. The van der Waals surface area contributed by atoms with Gasteiger partial charge in [0, 0.05) is 39.7 Å². The minimum atomic E-state index is -0.0468. The van der Waals surface area contributed by atoms with E-state index in [0.29, 0.717) is 13.1 Å². The molecule has 3 aromatic rings. The Labute approximate surface area is 229 Å². The minimum Gasteiger partial charge on any atom is -0.619 e. The highest BCUT2D eigenvalue weighted by Crippen LogP contribution is 2.45. The maximum atomic E-state index is 13.3. The molecular weight excluding hydrogens is 642 g/mol. The molecule has 0 saturated carbocycles. The molecule has 1 amide bonds. The van der Waals surface area contributed by atoms with Crippen LogP contribution in [0, 0.1) is 16.3 Å². The van der Waals surface area contributed by atoms with Gasteiger partial charge in [-0.15, -0.1) is 0 Å². The Morgan fingerprint density at radius 3 is 2.34 bits per heavy atom. The predicted molar refractivity (Wildman–Crippen MR) is 143 cm³/mol. The molecule has 1 saturated heterocycles. The van der Waals surface area contributed by atoms with Crippen LogP contribution in [0.4, 0.5) is 0 Å². The summed E-state index contributed by atoms with van der Waals surface area (Å²) in [6, 6.07) is 9.70. The molecule has 0 radical (unpaired) electrons. The zero-order valence-corrected chi connectivity index (χ0v) is 23.7. The molecule has 6 nitrogen and oxygen atoms in total. The molecular formula is C26H24Br3N3O3. The molecule has 3 heterocycles. The van der Waals surface area contributed by atoms with E-state index >= 15 is 0 Å². The van der Waals surface area contributed by atoms with Crippen molar-refractivity contribution in [3.63, 3.8) is 0 Å². The van der Waals surface area contributed by atoms with Crippen molar-refractivity contribution in [3.8, 4) is 0 Å². The lowest BCUT2D eigenvalue weighted by atomic mass is 9.76. The average Bonchev–Trinajstić information content (AvgIpc) is 2.98. The first-order valence-electron chi connectivity index (χ1n) is 11.6. The van der Waals surface area contributed by atoms with Crippen molar-refractivity contribution in [1.29, 1.82) is 0 Å². The number of benzene rings is 1. The van der Waals surface area contributed by atoms with Crippen molar-refractivity contribution in [1.82, 2.24) is 4.90 Å². The fourth-order valence-corrected chi connectivity index (χ4v) is 7.55. The molecule has 1 aliphatic carbocycles. The molecule has 35 heavy (non-hydrogen) atoms. The van der Waals surface area contributed by atoms with Crippen LogP contribution in [0.3, 0.4) is 0 Å². The average molecular weight is 666 g/mol. The van der Waals surface area contributed by atoms with Crippen LogP contribution in [0.2, 0.25) is 0 Å². The number of fused-ring (bicyclic) bond motifs is 2. The van der Waals surface area contributed by atoms with Crippen LogP contribution in [0.25, 0.3) is 0 Å². The number of carbonyl (C=O) groups excluding carboxylic acids is 1. The summed E-state index contributed by atoms with van der Waals surface area (Å²) in [6.45, 7) is 1.31. The van der Waals surface area contributed by atoms with Gasteiger partial charge < -0.3 is 15.3 Å². The topological polar surface area (TPSA) is 74.2 Å². The fraction of sp³-hybridized carbons (Fsp3) is 0.346. The highest BCUT2D eigenvalue weighted by atomic mass is 79.9. The predicted octanol–water partition coefficient (Wildman–Crippen LogP) is 4.95. The van der Waals surface area contributed by atoms with Crippen molar-refractivity contribution in [3.05, 3.63) is 101 Å². The van der Waals surface area contributed by atoms with Gasteiger partial charge in [0.05, 0.1) is 16.8 Å². The van der Waals surface area contributed by atoms with E-state index in [0.717, 1.165) is 65.4 Å². The van der Waals surface area contributed by atoms with Crippen LogP contribution < -0.4 is 9.46 Å². The normalized spacial score (nSPS) is 18.0. The van der Waals surface area contributed by atoms with Crippen LogP contribution in [0.5, 0.6) is 0 Å². The van der Waals surface area contributed by atoms with Gasteiger partial charge in [-0.05, 0) is 82.4 Å². The van der Waals surface area contributed by atoms with Gasteiger partial charge in [0.15, 0.2) is 18.6 Å². The minimum absolute atomic E-state index is 0.0468. The lowest BCUT2D eigenvalue weighted by molar-refractivity contribution is -0.616. The molecule has 9 heteroatoms. The number of amides is 1. The molecule has 182 valence electrons. The zero-order valence-electron chi connectivity index (χ0n) is 18.9. The summed E-state index contributed by atoms with van der Waals surface area (Å²) in [5, 5.41) is 24.5. The third kappa shape index (κ3) is 5.13. The Morgan fingerprint density at radius 2 is 1.63 bits per heavy atom. The summed E-state index contributed by atoms with van der Waals surface area (Å²) in [4.78, 5) is 14.9. The van der Waals surface area contributed by atoms with Gasteiger partial charge >= 0.3 is 0 Å². The van der Waals surface area contributed by atoms with E-state index in [1.54, 1.807) is 18.3 Å². The second-order valence-electron chi connectivity index (χ2n) is 9.29. The number of hydrogen-bond donors (Lipinski definition) is 0. The van der Waals surface area contributed by atoms with E-state index in [1.807, 2.05) is 4.90 Å². The van der Waals surface area contributed by atoms with Crippen molar-refractivity contribution >= 4 is 53.7 Å². The first-order chi connectivity index (χ1) is 16.8. The smallest absolute Gasteiger partial charge is 0.226 e. The maximum absolute atomic E-state index is 13.3. The second kappa shape index (κ2) is 10.2. The highest BCUT2D eigenvalue weighted by Gasteiger charge is 2.40. The Hall–Kier alpha value is -1.97. The molecule has 1 fully saturated rings. The van der Waals surface area contributed by atoms with Crippen LogP contribution >= 0.6 is 47.8 Å². The van der Waals surface area contributed by atoms with Gasteiger partial charge in [0.25, 0.3) is 0 Å². The SMILES string of the molecule is O=C(Cc1cc[n+]([O-])cc1)N1CCC([C@@H]2c3c(Br)cc(Br)cc3CCc3cc(Br)c[n+]([O-])c32)CC1. The largest absolute Gasteiger partial charge is 0.619 e. The van der Waals surface area contributed by atoms with Crippen molar-refractivity contribution in [2.24, 2.45) is 5.92 Å². The van der Waals surface area contributed by atoms with Crippen LogP contribution in [-0.4, -0.2) is 23.9 Å². The fourth-order valence-electron chi connectivity index (χ4n) is 5.53. The third-order valence-electron chi connectivity index (χ3n) is 7.16. The third-order valence-corrected chi connectivity index (χ3v) is 8.71. The number of pyridine rings is 2. The van der Waals surface area contributed by atoms with Crippen molar-refractivity contribution in [2.45, 2.75) is 38.0 Å². The van der Waals surface area contributed by atoms with Crippen molar-refractivity contribution < 1.29 is 14.3 Å². The number of nitrogens with zero attached hydrogens (tertiary/aromatic N) is 3. The Morgan fingerprint density at radius 1 is 0.971 bits per heavy atom. The molecule has 2 aliphatic rings. The highest BCUT2D eigenvalue weighted by molar-refractivity contribution is 9.11. The van der Waals surface area contributed by atoms with E-state index < -0.39 is 0 Å². The molecule has 0 N–H and O–H groups in total. The number of carbonyl (C=O) groups is 1. The molecule has 0 unspecified atom stereocenters. The van der Waals surface area contributed by atoms with Gasteiger partial charge in [-0.3, -0.25) is 4.79 Å². The maximum Gasteiger partial charge on any atom is 0.226 e. The summed E-state index contributed by atoms with van der Waals surface area (Å²) < 4.78 is 4.59. The number of halogens is 3. The zero-order chi connectivity index (χ0) is 24.7. The van der Waals surface area contributed by atoms with Gasteiger partial charge in [0.1, 0.15) is 0 Å². The van der Waals surface area contributed by atoms with Crippen LogP contribution in [-0.2, 0) is 24.1 Å². The van der Waals surface area contributed by atoms with Gasteiger partial charge in [0.2, 0.25) is 11.6 Å². The Balaban J connectivity index is 1.43. The van der Waals surface area contributed by atoms with E-state index in [1.165, 1.54) is 23.5 Å². The number of likely N-dealkylation sites (tertiary alicyclic amines) is 1. The number of hydrogen-bond acceptors (Lipinski definition) is 3. The summed E-state index contributed by atoms with van der Waals surface area (Å²) in [5.74, 6) is 0.265. The van der Waals surface area contributed by atoms with Crippen molar-refractivity contribution in [2.75, 3.05) is 13.1 Å². The van der Waals surface area contributed by atoms with Gasteiger partial charge in [-0.2, -0.15) is 9.46 Å². The van der Waals surface area contributed by atoms with E-state index in [9.17, 15) is 15.2 Å². The Bertz CT molecular complexity index is 1220. The molecule has 1 atom stereocenters. The van der Waals surface area contributed by atoms with E-state index in [4.69, 9.17) is 0 Å². The lowest BCUT2D eigenvalue weighted by Crippen LogP contribution is -2.43. The molecule has 2 aromatic heterocycles. The number of rotatable bonds is 3. The van der Waals surface area contributed by atoms with Crippen LogP contribution in [0.15, 0.2) is 62.3 Å². The molecule has 5 rings (SSSR count). The molecule has 1 aliphatic heterocycles. The summed E-state index contributed by atoms with van der Waals surface area (Å²) in [6.07, 6.45) is 8.05.